The minimum absolute atomic E-state index is 0.302. The quantitative estimate of drug-likeness (QED) is 0.931. The lowest BCUT2D eigenvalue weighted by Crippen LogP contribution is -2.21. The molecule has 1 aromatic heterocycles. The molecule has 4 nitrogen and oxygen atoms in total. The number of nitrogens with zero attached hydrogens (tertiary/aromatic N) is 2. The fraction of sp³-hybridized carbons (Fsp3) is 0.267. The first kappa shape index (κ1) is 14.3. The first-order chi connectivity index (χ1) is 9.67. The summed E-state index contributed by atoms with van der Waals surface area (Å²) in [7, 11) is 0. The van der Waals surface area contributed by atoms with E-state index in [9.17, 15) is 4.79 Å². The van der Waals surface area contributed by atoms with Crippen molar-refractivity contribution in [2.24, 2.45) is 5.92 Å². The molecule has 1 heterocycles. The molecule has 0 fully saturated rings. The Labute approximate surface area is 122 Å². The third kappa shape index (κ3) is 2.89. The van der Waals surface area contributed by atoms with Crippen LogP contribution in [0.3, 0.4) is 0 Å². The Bertz CT molecular complexity index is 678. The topological polar surface area (TPSA) is 65.8 Å². The third-order valence-electron chi connectivity index (χ3n) is 3.02. The highest BCUT2D eigenvalue weighted by Gasteiger charge is 2.18. The van der Waals surface area contributed by atoms with Crippen molar-refractivity contribution in [2.75, 3.05) is 5.32 Å². The van der Waals surface area contributed by atoms with Crippen LogP contribution in [0, 0.1) is 17.2 Å². The third-order valence-corrected chi connectivity index (χ3v) is 3.35. The summed E-state index contributed by atoms with van der Waals surface area (Å²) in [6.45, 7) is 1.94. The lowest BCUT2D eigenvalue weighted by atomic mass is 10.0. The van der Waals surface area contributed by atoms with E-state index in [-0.39, 0.29) is 5.91 Å². The van der Waals surface area contributed by atoms with Crippen molar-refractivity contribution in [1.82, 2.24) is 4.98 Å². The Hall–Kier alpha value is -2.12. The molecule has 0 spiro atoms. The van der Waals surface area contributed by atoms with Crippen molar-refractivity contribution in [3.05, 3.63) is 35.5 Å². The lowest BCUT2D eigenvalue weighted by molar-refractivity contribution is -0.118. The van der Waals surface area contributed by atoms with Crippen LogP contribution < -0.4 is 5.32 Å². The number of pyridine rings is 1. The number of halogens is 1. The highest BCUT2D eigenvalue weighted by atomic mass is 35.5. The van der Waals surface area contributed by atoms with Crippen LogP contribution in [0.5, 0.6) is 0 Å². The summed E-state index contributed by atoms with van der Waals surface area (Å²) in [5.41, 5.74) is 1.20. The highest BCUT2D eigenvalue weighted by Crippen LogP contribution is 2.28. The van der Waals surface area contributed by atoms with Crippen LogP contribution in [-0.4, -0.2) is 10.9 Å². The smallest absolute Gasteiger partial charge is 0.241 e. The Morgan fingerprint density at radius 1 is 1.50 bits per heavy atom. The second kappa shape index (κ2) is 6.36. The van der Waals surface area contributed by atoms with E-state index in [4.69, 9.17) is 16.9 Å². The number of carbonyl (C=O) groups excluding carboxylic acids is 1. The molecule has 0 radical (unpaired) electrons. The fourth-order valence-electron chi connectivity index (χ4n) is 2.00. The number of benzene rings is 1. The molecule has 20 heavy (non-hydrogen) atoms. The minimum atomic E-state index is -0.644. The molecule has 1 atom stereocenters. The number of nitrogens with one attached hydrogen (secondary N) is 1. The van der Waals surface area contributed by atoms with Crippen molar-refractivity contribution in [3.8, 4) is 6.07 Å². The summed E-state index contributed by atoms with van der Waals surface area (Å²) in [6.07, 6.45) is 2.97. The van der Waals surface area contributed by atoms with Gasteiger partial charge in [0, 0.05) is 11.6 Å². The predicted octanol–water partition coefficient (Wildman–Crippen LogP) is 3.77. The summed E-state index contributed by atoms with van der Waals surface area (Å²) >= 11 is 6.10. The zero-order valence-electron chi connectivity index (χ0n) is 11.1. The number of fused-ring (bicyclic) bond motifs is 1. The van der Waals surface area contributed by atoms with Gasteiger partial charge in [0.1, 0.15) is 5.92 Å². The van der Waals surface area contributed by atoms with Crippen molar-refractivity contribution < 1.29 is 4.79 Å². The van der Waals surface area contributed by atoms with E-state index < -0.39 is 5.92 Å². The van der Waals surface area contributed by atoms with E-state index in [0.29, 0.717) is 22.6 Å². The van der Waals surface area contributed by atoms with Crippen molar-refractivity contribution in [2.45, 2.75) is 19.8 Å². The van der Waals surface area contributed by atoms with Crippen LogP contribution in [0.4, 0.5) is 5.69 Å². The van der Waals surface area contributed by atoms with Crippen molar-refractivity contribution in [3.63, 3.8) is 0 Å². The molecule has 0 bridgehead atoms. The molecule has 102 valence electrons. The maximum Gasteiger partial charge on any atom is 0.241 e. The minimum Gasteiger partial charge on any atom is -0.323 e. The second-order valence-corrected chi connectivity index (χ2v) is 4.86. The molecule has 0 aliphatic carbocycles. The van der Waals surface area contributed by atoms with Gasteiger partial charge in [0.15, 0.2) is 0 Å². The largest absolute Gasteiger partial charge is 0.323 e. The van der Waals surface area contributed by atoms with Gasteiger partial charge in [-0.05, 0) is 30.7 Å². The van der Waals surface area contributed by atoms with E-state index in [1.54, 1.807) is 24.4 Å². The van der Waals surface area contributed by atoms with Gasteiger partial charge in [-0.15, -0.1) is 0 Å². The monoisotopic (exact) mass is 287 g/mol. The molecule has 5 heteroatoms. The molecule has 0 saturated heterocycles. The van der Waals surface area contributed by atoms with Crippen LogP contribution in [0.2, 0.25) is 5.02 Å². The molecule has 2 aromatic rings. The number of amides is 1. The van der Waals surface area contributed by atoms with Gasteiger partial charge in [0.25, 0.3) is 0 Å². The van der Waals surface area contributed by atoms with Crippen molar-refractivity contribution in [1.29, 1.82) is 5.26 Å². The van der Waals surface area contributed by atoms with E-state index in [0.717, 1.165) is 11.8 Å². The van der Waals surface area contributed by atoms with E-state index in [1.807, 2.05) is 19.1 Å². The summed E-state index contributed by atoms with van der Waals surface area (Å²) in [5, 5.41) is 13.1. The molecule has 1 unspecified atom stereocenters. The van der Waals surface area contributed by atoms with Gasteiger partial charge >= 0.3 is 0 Å². The first-order valence-electron chi connectivity index (χ1n) is 6.41. The van der Waals surface area contributed by atoms with Gasteiger partial charge in [-0.1, -0.05) is 24.9 Å². The number of aromatic nitrogens is 1. The maximum absolute atomic E-state index is 12.1. The number of nitriles is 1. The SMILES string of the molecule is CCCC(C#N)C(=O)Nc1ccc(Cl)c2cccnc12. The van der Waals surface area contributed by atoms with Gasteiger partial charge < -0.3 is 5.32 Å². The van der Waals surface area contributed by atoms with Crippen LogP contribution in [0.25, 0.3) is 10.9 Å². The Balaban J connectivity index is 2.33. The molecule has 0 aliphatic rings. The number of hydrogen-bond donors (Lipinski definition) is 1. The maximum atomic E-state index is 12.1. The fourth-order valence-corrected chi connectivity index (χ4v) is 2.22. The van der Waals surface area contributed by atoms with Crippen molar-refractivity contribution >= 4 is 34.1 Å². The molecule has 1 aromatic carbocycles. The molecular formula is C15H14ClN3O. The van der Waals surface area contributed by atoms with Crippen LogP contribution in [0.15, 0.2) is 30.5 Å². The van der Waals surface area contributed by atoms with Crippen LogP contribution >= 0.6 is 11.6 Å². The lowest BCUT2D eigenvalue weighted by Gasteiger charge is -2.11. The highest BCUT2D eigenvalue weighted by molar-refractivity contribution is 6.35. The normalized spacial score (nSPS) is 11.8. The molecule has 0 saturated carbocycles. The first-order valence-corrected chi connectivity index (χ1v) is 6.79. The van der Waals surface area contributed by atoms with Gasteiger partial charge in [0.2, 0.25) is 5.91 Å². The number of carbonyl (C=O) groups is 1. The van der Waals surface area contributed by atoms with Gasteiger partial charge in [-0.25, -0.2) is 0 Å². The Morgan fingerprint density at radius 2 is 2.30 bits per heavy atom. The van der Waals surface area contributed by atoms with Crippen LogP contribution in [-0.2, 0) is 4.79 Å². The summed E-state index contributed by atoms with van der Waals surface area (Å²) in [5.74, 6) is -0.946. The zero-order valence-corrected chi connectivity index (χ0v) is 11.8. The van der Waals surface area contributed by atoms with Gasteiger partial charge in [-0.3, -0.25) is 9.78 Å². The summed E-state index contributed by atoms with van der Waals surface area (Å²) < 4.78 is 0. The molecule has 1 N–H and O–H groups in total. The number of anilines is 1. The average Bonchev–Trinajstić information content (AvgIpc) is 2.48. The van der Waals surface area contributed by atoms with E-state index >= 15 is 0 Å². The second-order valence-electron chi connectivity index (χ2n) is 4.45. The standard InChI is InChI=1S/C15H14ClN3O/c1-2-4-10(9-17)15(20)19-13-7-6-12(16)11-5-3-8-18-14(11)13/h3,5-8,10H,2,4H2,1H3,(H,19,20). The Morgan fingerprint density at radius 3 is 3.00 bits per heavy atom. The molecule has 2 rings (SSSR count). The summed E-state index contributed by atoms with van der Waals surface area (Å²) in [6, 6.07) is 9.07. The molecular weight excluding hydrogens is 274 g/mol. The number of hydrogen-bond acceptors (Lipinski definition) is 3. The summed E-state index contributed by atoms with van der Waals surface area (Å²) in [4.78, 5) is 16.3. The van der Waals surface area contributed by atoms with Gasteiger partial charge in [0.05, 0.1) is 22.3 Å². The van der Waals surface area contributed by atoms with Crippen LogP contribution in [0.1, 0.15) is 19.8 Å². The molecule has 1 amide bonds. The van der Waals surface area contributed by atoms with E-state index in [1.165, 1.54) is 0 Å². The van der Waals surface area contributed by atoms with Gasteiger partial charge in [-0.2, -0.15) is 5.26 Å². The Kier molecular flexibility index (Phi) is 4.54. The van der Waals surface area contributed by atoms with E-state index in [2.05, 4.69) is 10.3 Å². The average molecular weight is 288 g/mol. The number of rotatable bonds is 4. The predicted molar refractivity (Wildman–Crippen MR) is 79.4 cm³/mol. The molecule has 0 aliphatic heterocycles. The zero-order chi connectivity index (χ0) is 14.5.